The molecule has 0 bridgehead atoms. The highest BCUT2D eigenvalue weighted by Crippen LogP contribution is 2.32. The SMILES string of the molecule is CC(C)CNCCOc1c(Cl)cccc1Cl. The molecule has 1 aromatic carbocycles. The predicted octanol–water partition coefficient (Wildman–Crippen LogP) is 3.62. The molecule has 0 unspecified atom stereocenters. The molecule has 0 saturated heterocycles. The summed E-state index contributed by atoms with van der Waals surface area (Å²) in [6, 6.07) is 5.34. The fourth-order valence-electron chi connectivity index (χ4n) is 1.24. The van der Waals surface area contributed by atoms with E-state index in [0.717, 1.165) is 13.1 Å². The van der Waals surface area contributed by atoms with Gasteiger partial charge in [-0.05, 0) is 24.6 Å². The minimum absolute atomic E-state index is 0.552. The van der Waals surface area contributed by atoms with Gasteiger partial charge in [0.05, 0.1) is 10.0 Å². The molecule has 0 aliphatic carbocycles. The summed E-state index contributed by atoms with van der Waals surface area (Å²) in [4.78, 5) is 0. The first-order valence-electron chi connectivity index (χ1n) is 5.38. The van der Waals surface area contributed by atoms with Crippen LogP contribution >= 0.6 is 23.2 Å². The lowest BCUT2D eigenvalue weighted by molar-refractivity contribution is 0.311. The van der Waals surface area contributed by atoms with Crippen molar-refractivity contribution in [1.29, 1.82) is 0 Å². The highest BCUT2D eigenvalue weighted by Gasteiger charge is 2.05. The van der Waals surface area contributed by atoms with E-state index in [1.165, 1.54) is 0 Å². The summed E-state index contributed by atoms with van der Waals surface area (Å²) in [5.74, 6) is 1.21. The zero-order valence-electron chi connectivity index (χ0n) is 9.59. The fraction of sp³-hybridized carbons (Fsp3) is 0.500. The summed E-state index contributed by atoms with van der Waals surface area (Å²) in [7, 11) is 0. The molecule has 1 N–H and O–H groups in total. The quantitative estimate of drug-likeness (QED) is 0.790. The molecular formula is C12H17Cl2NO. The molecule has 90 valence electrons. The van der Waals surface area contributed by atoms with Crippen LogP contribution in [0.5, 0.6) is 5.75 Å². The summed E-state index contributed by atoms with van der Waals surface area (Å²) in [6.45, 7) is 6.67. The second-order valence-electron chi connectivity index (χ2n) is 4.00. The number of para-hydroxylation sites is 1. The standard InChI is InChI=1S/C12H17Cl2NO/c1-9(2)8-15-6-7-16-12-10(13)4-3-5-11(12)14/h3-5,9,15H,6-8H2,1-2H3. The Balaban J connectivity index is 2.32. The van der Waals surface area contributed by atoms with Crippen LogP contribution in [0.15, 0.2) is 18.2 Å². The van der Waals surface area contributed by atoms with E-state index in [9.17, 15) is 0 Å². The predicted molar refractivity (Wildman–Crippen MR) is 69.7 cm³/mol. The van der Waals surface area contributed by atoms with Crippen molar-refractivity contribution in [3.63, 3.8) is 0 Å². The number of halogens is 2. The van der Waals surface area contributed by atoms with E-state index in [-0.39, 0.29) is 0 Å². The lowest BCUT2D eigenvalue weighted by Crippen LogP contribution is -2.25. The monoisotopic (exact) mass is 261 g/mol. The average molecular weight is 262 g/mol. The largest absolute Gasteiger partial charge is 0.489 e. The van der Waals surface area contributed by atoms with Gasteiger partial charge in [-0.25, -0.2) is 0 Å². The number of rotatable bonds is 6. The van der Waals surface area contributed by atoms with E-state index < -0.39 is 0 Å². The molecule has 0 saturated carbocycles. The molecule has 0 spiro atoms. The molecule has 0 radical (unpaired) electrons. The van der Waals surface area contributed by atoms with Crippen LogP contribution in [0, 0.1) is 5.92 Å². The van der Waals surface area contributed by atoms with E-state index >= 15 is 0 Å². The number of hydrogen-bond donors (Lipinski definition) is 1. The van der Waals surface area contributed by atoms with E-state index in [1.54, 1.807) is 18.2 Å². The normalized spacial score (nSPS) is 10.8. The van der Waals surface area contributed by atoms with Gasteiger partial charge in [0.25, 0.3) is 0 Å². The summed E-state index contributed by atoms with van der Waals surface area (Å²) in [5, 5.41) is 4.39. The molecule has 0 fully saturated rings. The summed E-state index contributed by atoms with van der Waals surface area (Å²) in [5.41, 5.74) is 0. The first kappa shape index (κ1) is 13.6. The molecule has 1 aromatic rings. The van der Waals surface area contributed by atoms with Gasteiger partial charge in [0, 0.05) is 6.54 Å². The highest BCUT2D eigenvalue weighted by molar-refractivity contribution is 6.37. The van der Waals surface area contributed by atoms with Gasteiger partial charge in [-0.2, -0.15) is 0 Å². The van der Waals surface area contributed by atoms with Crippen LogP contribution in [0.1, 0.15) is 13.8 Å². The van der Waals surface area contributed by atoms with Gasteiger partial charge in [-0.3, -0.25) is 0 Å². The van der Waals surface area contributed by atoms with Crippen LogP contribution in [-0.4, -0.2) is 19.7 Å². The molecule has 1 rings (SSSR count). The van der Waals surface area contributed by atoms with E-state index in [0.29, 0.717) is 28.3 Å². The van der Waals surface area contributed by atoms with Crippen molar-refractivity contribution in [3.05, 3.63) is 28.2 Å². The third kappa shape index (κ3) is 4.60. The number of benzene rings is 1. The molecule has 2 nitrogen and oxygen atoms in total. The van der Waals surface area contributed by atoms with Crippen LogP contribution in [0.25, 0.3) is 0 Å². The molecule has 4 heteroatoms. The topological polar surface area (TPSA) is 21.3 Å². The maximum absolute atomic E-state index is 5.96. The smallest absolute Gasteiger partial charge is 0.156 e. The van der Waals surface area contributed by atoms with Crippen LogP contribution in [0.4, 0.5) is 0 Å². The van der Waals surface area contributed by atoms with Crippen molar-refractivity contribution in [2.24, 2.45) is 5.92 Å². The molecule has 16 heavy (non-hydrogen) atoms. The lowest BCUT2D eigenvalue weighted by atomic mass is 10.2. The summed E-state index contributed by atoms with van der Waals surface area (Å²) < 4.78 is 5.52. The highest BCUT2D eigenvalue weighted by atomic mass is 35.5. The Morgan fingerprint density at radius 2 is 1.88 bits per heavy atom. The van der Waals surface area contributed by atoms with Crippen molar-refractivity contribution < 1.29 is 4.74 Å². The van der Waals surface area contributed by atoms with Crippen LogP contribution in [-0.2, 0) is 0 Å². The summed E-state index contributed by atoms with van der Waals surface area (Å²) in [6.07, 6.45) is 0. The van der Waals surface area contributed by atoms with Gasteiger partial charge in [-0.1, -0.05) is 43.1 Å². The van der Waals surface area contributed by atoms with E-state index in [4.69, 9.17) is 27.9 Å². The van der Waals surface area contributed by atoms with Gasteiger partial charge < -0.3 is 10.1 Å². The Hall–Kier alpha value is -0.440. The van der Waals surface area contributed by atoms with Gasteiger partial charge in [0.1, 0.15) is 6.61 Å². The van der Waals surface area contributed by atoms with Crippen molar-refractivity contribution >= 4 is 23.2 Å². The average Bonchev–Trinajstić information content (AvgIpc) is 2.21. The minimum atomic E-state index is 0.552. The Labute approximate surface area is 107 Å². The number of hydrogen-bond acceptors (Lipinski definition) is 2. The Morgan fingerprint density at radius 3 is 2.44 bits per heavy atom. The van der Waals surface area contributed by atoms with Crippen LogP contribution < -0.4 is 10.1 Å². The first-order valence-corrected chi connectivity index (χ1v) is 6.14. The van der Waals surface area contributed by atoms with Gasteiger partial charge in [0.2, 0.25) is 0 Å². The van der Waals surface area contributed by atoms with Crippen molar-refractivity contribution in [2.45, 2.75) is 13.8 Å². The molecule has 0 atom stereocenters. The van der Waals surface area contributed by atoms with E-state index in [1.807, 2.05) is 0 Å². The second kappa shape index (κ2) is 7.00. The molecule has 0 aliphatic rings. The Bertz CT molecular complexity index is 309. The zero-order chi connectivity index (χ0) is 12.0. The maximum atomic E-state index is 5.96. The third-order valence-corrected chi connectivity index (χ3v) is 2.59. The first-order chi connectivity index (χ1) is 7.61. The van der Waals surface area contributed by atoms with Crippen LogP contribution in [0.3, 0.4) is 0 Å². The third-order valence-electron chi connectivity index (χ3n) is 2.00. The Morgan fingerprint density at radius 1 is 1.25 bits per heavy atom. The zero-order valence-corrected chi connectivity index (χ0v) is 11.1. The molecule has 0 aromatic heterocycles. The number of nitrogens with one attached hydrogen (secondary N) is 1. The minimum Gasteiger partial charge on any atom is -0.489 e. The lowest BCUT2D eigenvalue weighted by Gasteiger charge is -2.11. The Kier molecular flexibility index (Phi) is 5.96. The fourth-order valence-corrected chi connectivity index (χ4v) is 1.74. The summed E-state index contributed by atoms with van der Waals surface area (Å²) >= 11 is 11.9. The van der Waals surface area contributed by atoms with Crippen LogP contribution in [0.2, 0.25) is 10.0 Å². The van der Waals surface area contributed by atoms with Gasteiger partial charge >= 0.3 is 0 Å². The van der Waals surface area contributed by atoms with Crippen molar-refractivity contribution in [3.8, 4) is 5.75 Å². The van der Waals surface area contributed by atoms with Gasteiger partial charge in [0.15, 0.2) is 5.75 Å². The van der Waals surface area contributed by atoms with Crippen molar-refractivity contribution in [2.75, 3.05) is 19.7 Å². The van der Waals surface area contributed by atoms with E-state index in [2.05, 4.69) is 19.2 Å². The van der Waals surface area contributed by atoms with Crippen molar-refractivity contribution in [1.82, 2.24) is 5.32 Å². The molecule has 0 aliphatic heterocycles. The number of ether oxygens (including phenoxy) is 1. The molecule has 0 heterocycles. The molecule has 0 amide bonds. The van der Waals surface area contributed by atoms with Gasteiger partial charge in [-0.15, -0.1) is 0 Å². The maximum Gasteiger partial charge on any atom is 0.156 e. The molecular weight excluding hydrogens is 245 g/mol. The second-order valence-corrected chi connectivity index (χ2v) is 4.81.